The standard InChI is InChI=1S/C29H32N4O4/c1-17-7-12-22-24(32(17)29(36)37-2)13-14-25-27(22)31-26(16-20-15-19-5-3-4-6-23(19)30-20)33(25)21-10-8-18(9-11-21)28(34)35/h3-6,13-15,17-18,21,30H,7-12,16H2,1-2H3,(H,34,35). The zero-order valence-corrected chi connectivity index (χ0v) is 21.2. The fourth-order valence-corrected chi connectivity index (χ4v) is 6.34. The Morgan fingerprint density at radius 1 is 1.11 bits per heavy atom. The number of rotatable bonds is 4. The molecule has 3 heterocycles. The van der Waals surface area contributed by atoms with Crippen LogP contribution >= 0.6 is 0 Å². The van der Waals surface area contributed by atoms with E-state index in [9.17, 15) is 14.7 Å². The average Bonchev–Trinajstić information content (AvgIpc) is 3.48. The van der Waals surface area contributed by atoms with Crippen molar-refractivity contribution in [3.63, 3.8) is 0 Å². The summed E-state index contributed by atoms with van der Waals surface area (Å²) < 4.78 is 7.45. The summed E-state index contributed by atoms with van der Waals surface area (Å²) in [6.45, 7) is 2.05. The van der Waals surface area contributed by atoms with Crippen molar-refractivity contribution in [1.82, 2.24) is 14.5 Å². The zero-order chi connectivity index (χ0) is 25.7. The first-order valence-electron chi connectivity index (χ1n) is 13.1. The molecule has 1 amide bonds. The maximum absolute atomic E-state index is 12.6. The van der Waals surface area contributed by atoms with Crippen LogP contribution in [-0.4, -0.2) is 44.9 Å². The van der Waals surface area contributed by atoms with Gasteiger partial charge in [-0.3, -0.25) is 9.69 Å². The molecule has 1 saturated carbocycles. The Bertz CT molecular complexity index is 1460. The Balaban J connectivity index is 1.46. The third kappa shape index (κ3) is 4.04. The zero-order valence-electron chi connectivity index (χ0n) is 21.2. The van der Waals surface area contributed by atoms with Gasteiger partial charge < -0.3 is 19.4 Å². The van der Waals surface area contributed by atoms with Crippen molar-refractivity contribution in [2.75, 3.05) is 12.0 Å². The number of imidazole rings is 1. The molecule has 37 heavy (non-hydrogen) atoms. The van der Waals surface area contributed by atoms with Crippen LogP contribution in [0.3, 0.4) is 0 Å². The van der Waals surface area contributed by atoms with E-state index in [1.165, 1.54) is 12.5 Å². The van der Waals surface area contributed by atoms with Crippen LogP contribution in [0.25, 0.3) is 21.9 Å². The molecule has 1 unspecified atom stereocenters. The number of nitrogens with zero attached hydrogens (tertiary/aromatic N) is 3. The second-order valence-electron chi connectivity index (χ2n) is 10.5. The van der Waals surface area contributed by atoms with Crippen molar-refractivity contribution in [3.8, 4) is 0 Å². The molecule has 2 N–H and O–H groups in total. The number of carbonyl (C=O) groups is 2. The number of aromatic nitrogens is 3. The molecular formula is C29H32N4O4. The first-order chi connectivity index (χ1) is 17.9. The molecule has 192 valence electrons. The van der Waals surface area contributed by atoms with Gasteiger partial charge in [-0.25, -0.2) is 9.78 Å². The van der Waals surface area contributed by atoms with E-state index >= 15 is 0 Å². The van der Waals surface area contributed by atoms with Gasteiger partial charge in [0.1, 0.15) is 5.82 Å². The lowest BCUT2D eigenvalue weighted by atomic mass is 9.85. The summed E-state index contributed by atoms with van der Waals surface area (Å²) in [6, 6.07) is 14.8. The van der Waals surface area contributed by atoms with Gasteiger partial charge in [0.05, 0.1) is 29.7 Å². The predicted molar refractivity (Wildman–Crippen MR) is 142 cm³/mol. The minimum Gasteiger partial charge on any atom is -0.481 e. The first-order valence-corrected chi connectivity index (χ1v) is 13.1. The maximum atomic E-state index is 12.6. The van der Waals surface area contributed by atoms with Gasteiger partial charge in [0.25, 0.3) is 0 Å². The Hall–Kier alpha value is -3.81. The number of aliphatic carboxylic acids is 1. The number of amides is 1. The van der Waals surface area contributed by atoms with Crippen LogP contribution in [-0.2, 0) is 22.4 Å². The lowest BCUT2D eigenvalue weighted by molar-refractivity contribution is -0.143. The quantitative estimate of drug-likeness (QED) is 0.367. The van der Waals surface area contributed by atoms with Crippen LogP contribution in [0.15, 0.2) is 42.5 Å². The van der Waals surface area contributed by atoms with Crippen LogP contribution in [0.5, 0.6) is 0 Å². The topological polar surface area (TPSA) is 100 Å². The number of carboxylic acids is 1. The van der Waals surface area contributed by atoms with E-state index < -0.39 is 5.97 Å². The molecule has 0 radical (unpaired) electrons. The molecule has 4 aromatic rings. The number of aromatic amines is 1. The number of ether oxygens (including phenoxy) is 1. The smallest absolute Gasteiger partial charge is 0.414 e. The van der Waals surface area contributed by atoms with E-state index in [0.29, 0.717) is 19.3 Å². The van der Waals surface area contributed by atoms with Gasteiger partial charge in [0.2, 0.25) is 0 Å². The fraction of sp³-hybridized carbons (Fsp3) is 0.414. The van der Waals surface area contributed by atoms with E-state index in [1.54, 1.807) is 4.90 Å². The van der Waals surface area contributed by atoms with Gasteiger partial charge in [-0.2, -0.15) is 0 Å². The summed E-state index contributed by atoms with van der Waals surface area (Å²) in [5, 5.41) is 10.7. The van der Waals surface area contributed by atoms with E-state index in [4.69, 9.17) is 9.72 Å². The van der Waals surface area contributed by atoms with E-state index in [-0.39, 0.29) is 24.1 Å². The van der Waals surface area contributed by atoms with Crippen LogP contribution in [0, 0.1) is 5.92 Å². The highest BCUT2D eigenvalue weighted by Crippen LogP contribution is 2.40. The number of aryl methyl sites for hydroxylation is 1. The van der Waals surface area contributed by atoms with Gasteiger partial charge in [0.15, 0.2) is 0 Å². The van der Waals surface area contributed by atoms with Crippen molar-refractivity contribution in [2.45, 2.75) is 64.0 Å². The monoisotopic (exact) mass is 500 g/mol. The highest BCUT2D eigenvalue weighted by molar-refractivity contribution is 5.95. The summed E-state index contributed by atoms with van der Waals surface area (Å²) in [5.41, 5.74) is 6.14. The van der Waals surface area contributed by atoms with Crippen LogP contribution in [0.1, 0.15) is 62.2 Å². The highest BCUT2D eigenvalue weighted by Gasteiger charge is 2.33. The second-order valence-corrected chi connectivity index (χ2v) is 10.5. The molecule has 8 heteroatoms. The molecule has 1 fully saturated rings. The SMILES string of the molecule is COC(=O)N1c2ccc3c(nc(Cc4cc5ccccc5[nH]4)n3C3CCC(C(=O)O)CC3)c2CCC1C. The number of carboxylic acid groups (broad SMARTS) is 1. The molecule has 1 aliphatic heterocycles. The Kier molecular flexibility index (Phi) is 5.89. The van der Waals surface area contributed by atoms with Crippen molar-refractivity contribution < 1.29 is 19.4 Å². The van der Waals surface area contributed by atoms with Gasteiger partial charge >= 0.3 is 12.1 Å². The molecule has 1 aliphatic carbocycles. The van der Waals surface area contributed by atoms with E-state index in [1.807, 2.05) is 25.1 Å². The Morgan fingerprint density at radius 3 is 2.62 bits per heavy atom. The molecule has 0 bridgehead atoms. The van der Waals surface area contributed by atoms with Crippen molar-refractivity contribution >= 4 is 39.7 Å². The number of nitrogens with one attached hydrogen (secondary N) is 1. The minimum atomic E-state index is -0.696. The molecule has 1 atom stereocenters. The van der Waals surface area contributed by atoms with E-state index in [2.05, 4.69) is 33.8 Å². The number of methoxy groups -OCH3 is 1. The Morgan fingerprint density at radius 2 is 1.89 bits per heavy atom. The number of fused-ring (bicyclic) bond motifs is 4. The van der Waals surface area contributed by atoms with E-state index in [0.717, 1.165) is 65.0 Å². The van der Waals surface area contributed by atoms with Crippen molar-refractivity contribution in [1.29, 1.82) is 0 Å². The van der Waals surface area contributed by atoms with Gasteiger partial charge in [-0.1, -0.05) is 18.2 Å². The average molecular weight is 501 g/mol. The molecule has 2 aliphatic rings. The molecule has 8 nitrogen and oxygen atoms in total. The fourth-order valence-electron chi connectivity index (χ4n) is 6.34. The molecule has 2 aromatic carbocycles. The summed E-state index contributed by atoms with van der Waals surface area (Å²) in [5.74, 6) is 0.00125. The largest absolute Gasteiger partial charge is 0.481 e. The summed E-state index contributed by atoms with van der Waals surface area (Å²) >= 11 is 0. The molecule has 2 aromatic heterocycles. The summed E-state index contributed by atoms with van der Waals surface area (Å²) in [6.07, 6.45) is 4.94. The number of hydrogen-bond donors (Lipinski definition) is 2. The number of H-pyrrole nitrogens is 1. The lowest BCUT2D eigenvalue weighted by Gasteiger charge is -2.34. The number of anilines is 1. The van der Waals surface area contributed by atoms with Gasteiger partial charge in [0, 0.05) is 35.3 Å². The minimum absolute atomic E-state index is 0.0524. The van der Waals surface area contributed by atoms with Crippen molar-refractivity contribution in [2.24, 2.45) is 5.92 Å². The molecule has 6 rings (SSSR count). The third-order valence-electron chi connectivity index (χ3n) is 8.24. The summed E-state index contributed by atoms with van der Waals surface area (Å²) in [4.78, 5) is 34.7. The lowest BCUT2D eigenvalue weighted by Crippen LogP contribution is -2.42. The number of hydrogen-bond acceptors (Lipinski definition) is 4. The third-order valence-corrected chi connectivity index (χ3v) is 8.24. The highest BCUT2D eigenvalue weighted by atomic mass is 16.5. The van der Waals surface area contributed by atoms with Crippen LogP contribution in [0.2, 0.25) is 0 Å². The molecular weight excluding hydrogens is 468 g/mol. The summed E-state index contributed by atoms with van der Waals surface area (Å²) in [7, 11) is 1.42. The molecule has 0 saturated heterocycles. The van der Waals surface area contributed by atoms with Gasteiger partial charge in [-0.15, -0.1) is 0 Å². The number of carbonyl (C=O) groups excluding carboxylic acids is 1. The second kappa shape index (κ2) is 9.25. The predicted octanol–water partition coefficient (Wildman–Crippen LogP) is 5.83. The van der Waals surface area contributed by atoms with Crippen LogP contribution < -0.4 is 4.90 Å². The number of benzene rings is 2. The normalized spacial score (nSPS) is 21.8. The molecule has 0 spiro atoms. The first kappa shape index (κ1) is 23.6. The Labute approximate surface area is 215 Å². The van der Waals surface area contributed by atoms with Crippen LogP contribution in [0.4, 0.5) is 10.5 Å². The van der Waals surface area contributed by atoms with Gasteiger partial charge in [-0.05, 0) is 75.1 Å². The number of para-hydroxylation sites is 1. The van der Waals surface area contributed by atoms with Crippen molar-refractivity contribution in [3.05, 3.63) is 59.5 Å². The maximum Gasteiger partial charge on any atom is 0.414 e.